The van der Waals surface area contributed by atoms with Crippen LogP contribution in [0.4, 0.5) is 0 Å². The summed E-state index contributed by atoms with van der Waals surface area (Å²) in [7, 11) is 0. The van der Waals surface area contributed by atoms with Crippen molar-refractivity contribution < 1.29 is 4.79 Å². The number of carbonyl (C=O) groups is 1. The van der Waals surface area contributed by atoms with E-state index in [2.05, 4.69) is 20.9 Å². The first kappa shape index (κ1) is 15.5. The number of hydrogen-bond donors (Lipinski definition) is 2. The van der Waals surface area contributed by atoms with Gasteiger partial charge in [-0.1, -0.05) is 39.7 Å². The highest BCUT2D eigenvalue weighted by Crippen LogP contribution is 2.12. The van der Waals surface area contributed by atoms with Crippen molar-refractivity contribution in [2.45, 2.75) is 5.33 Å². The Kier molecular flexibility index (Phi) is 6.32. The van der Waals surface area contributed by atoms with Crippen LogP contribution in [0.1, 0.15) is 15.9 Å². The summed E-state index contributed by atoms with van der Waals surface area (Å²) < 4.78 is 0. The van der Waals surface area contributed by atoms with Crippen LogP contribution in [-0.2, 0) is 5.33 Å². The first-order chi connectivity index (χ1) is 9.04. The van der Waals surface area contributed by atoms with Crippen molar-refractivity contribution in [3.8, 4) is 0 Å². The third-order valence-corrected chi connectivity index (χ3v) is 3.01. The number of H-pyrrole nitrogens is 1. The number of amides is 1. The van der Waals surface area contributed by atoms with Crippen LogP contribution in [-0.4, -0.2) is 10.9 Å². The lowest BCUT2D eigenvalue weighted by molar-refractivity contribution is 0.0999. The maximum atomic E-state index is 10.7. The van der Waals surface area contributed by atoms with Gasteiger partial charge >= 0.3 is 0 Å². The second-order valence-electron chi connectivity index (χ2n) is 3.54. The van der Waals surface area contributed by atoms with Crippen molar-refractivity contribution >= 4 is 33.4 Å². The summed E-state index contributed by atoms with van der Waals surface area (Å²) >= 11 is 9.04. The molecule has 0 atom stereocenters. The van der Waals surface area contributed by atoms with E-state index in [1.165, 1.54) is 17.8 Å². The fraction of sp³-hybridized carbons (Fsp3) is 0.0769. The third-order valence-electron chi connectivity index (χ3n) is 2.13. The number of pyridine rings is 1. The molecule has 2 rings (SSSR count). The van der Waals surface area contributed by atoms with Crippen LogP contribution in [0.5, 0.6) is 0 Å². The van der Waals surface area contributed by atoms with E-state index in [0.717, 1.165) is 10.4 Å². The maximum absolute atomic E-state index is 10.7. The Bertz CT molecular complexity index is 613. The first-order valence-corrected chi connectivity index (χ1v) is 6.82. The van der Waals surface area contributed by atoms with E-state index in [9.17, 15) is 9.59 Å². The lowest BCUT2D eigenvalue weighted by Gasteiger charge is -1.92. The van der Waals surface area contributed by atoms with Crippen LogP contribution in [0, 0.1) is 0 Å². The summed E-state index contributed by atoms with van der Waals surface area (Å²) in [4.78, 5) is 23.5. The summed E-state index contributed by atoms with van der Waals surface area (Å²) in [6, 6.07) is 10.7. The molecule has 0 saturated heterocycles. The summed E-state index contributed by atoms with van der Waals surface area (Å²) in [5.41, 5.74) is 5.61. The topological polar surface area (TPSA) is 76.0 Å². The summed E-state index contributed by atoms with van der Waals surface area (Å²) in [5.74, 6) is -0.707. The smallest absolute Gasteiger partial charge is 0.260 e. The van der Waals surface area contributed by atoms with Crippen LogP contribution in [0.2, 0.25) is 5.02 Å². The van der Waals surface area contributed by atoms with Crippen molar-refractivity contribution in [2.24, 2.45) is 5.73 Å². The highest BCUT2D eigenvalue weighted by molar-refractivity contribution is 9.08. The van der Waals surface area contributed by atoms with Crippen LogP contribution in [0.25, 0.3) is 0 Å². The molecule has 1 aromatic carbocycles. The molecule has 0 fully saturated rings. The van der Waals surface area contributed by atoms with Crippen LogP contribution < -0.4 is 11.3 Å². The number of aromatic amines is 1. The molecule has 1 amide bonds. The van der Waals surface area contributed by atoms with Gasteiger partial charge in [0.1, 0.15) is 5.56 Å². The van der Waals surface area contributed by atoms with Gasteiger partial charge in [0.05, 0.1) is 0 Å². The Hall–Kier alpha value is -1.59. The van der Waals surface area contributed by atoms with Gasteiger partial charge in [-0.05, 0) is 29.8 Å². The van der Waals surface area contributed by atoms with E-state index in [0.29, 0.717) is 0 Å². The zero-order valence-electron chi connectivity index (χ0n) is 9.90. The number of benzene rings is 1. The van der Waals surface area contributed by atoms with E-state index >= 15 is 0 Å². The normalized spacial score (nSPS) is 9.37. The molecular formula is C13H12BrClN2O2. The van der Waals surface area contributed by atoms with Crippen molar-refractivity contribution in [3.05, 3.63) is 69.1 Å². The molecule has 6 heteroatoms. The van der Waals surface area contributed by atoms with Gasteiger partial charge in [-0.3, -0.25) is 9.59 Å². The highest BCUT2D eigenvalue weighted by Gasteiger charge is 2.02. The van der Waals surface area contributed by atoms with Crippen molar-refractivity contribution in [2.75, 3.05) is 0 Å². The number of rotatable bonds is 2. The zero-order chi connectivity index (χ0) is 14.3. The van der Waals surface area contributed by atoms with Gasteiger partial charge in [-0.15, -0.1) is 0 Å². The van der Waals surface area contributed by atoms with Gasteiger partial charge in [-0.25, -0.2) is 0 Å². The van der Waals surface area contributed by atoms with E-state index in [4.69, 9.17) is 17.3 Å². The molecule has 0 unspecified atom stereocenters. The van der Waals surface area contributed by atoms with E-state index in [1.54, 1.807) is 6.07 Å². The summed E-state index contributed by atoms with van der Waals surface area (Å²) in [6.07, 6.45) is 1.44. The van der Waals surface area contributed by atoms with Crippen molar-refractivity contribution in [1.82, 2.24) is 4.98 Å². The lowest BCUT2D eigenvalue weighted by Crippen LogP contribution is -2.22. The van der Waals surface area contributed by atoms with Gasteiger partial charge < -0.3 is 10.7 Å². The molecule has 4 nitrogen and oxygen atoms in total. The minimum absolute atomic E-state index is 0.0116. The van der Waals surface area contributed by atoms with Gasteiger partial charge in [0.2, 0.25) is 0 Å². The molecule has 0 aliphatic heterocycles. The van der Waals surface area contributed by atoms with Crippen LogP contribution in [0.15, 0.2) is 47.4 Å². The quantitative estimate of drug-likeness (QED) is 0.823. The lowest BCUT2D eigenvalue weighted by atomic mass is 10.2. The average molecular weight is 344 g/mol. The predicted molar refractivity (Wildman–Crippen MR) is 79.7 cm³/mol. The van der Waals surface area contributed by atoms with Gasteiger partial charge in [-0.2, -0.15) is 0 Å². The van der Waals surface area contributed by atoms with E-state index in [1.807, 2.05) is 24.3 Å². The van der Waals surface area contributed by atoms with E-state index < -0.39 is 11.5 Å². The Morgan fingerprint density at radius 3 is 2.47 bits per heavy atom. The molecule has 19 heavy (non-hydrogen) atoms. The van der Waals surface area contributed by atoms with Crippen LogP contribution >= 0.6 is 27.5 Å². The molecule has 0 bridgehead atoms. The van der Waals surface area contributed by atoms with Gasteiger partial charge in [0.25, 0.3) is 11.5 Å². The maximum Gasteiger partial charge on any atom is 0.260 e. The minimum atomic E-state index is -0.707. The average Bonchev–Trinajstić information content (AvgIpc) is 2.39. The number of nitrogens with two attached hydrogens (primary N) is 1. The molecular weight excluding hydrogens is 332 g/mol. The number of alkyl halides is 1. The Morgan fingerprint density at radius 2 is 2.05 bits per heavy atom. The largest absolute Gasteiger partial charge is 0.365 e. The van der Waals surface area contributed by atoms with Crippen molar-refractivity contribution in [3.63, 3.8) is 0 Å². The monoisotopic (exact) mass is 342 g/mol. The molecule has 0 spiro atoms. The highest BCUT2D eigenvalue weighted by atomic mass is 79.9. The number of hydrogen-bond acceptors (Lipinski definition) is 2. The Labute approximate surface area is 123 Å². The molecule has 2 aromatic rings. The number of halogens is 2. The number of nitrogens with one attached hydrogen (secondary N) is 1. The molecule has 1 aromatic heterocycles. The fourth-order valence-electron chi connectivity index (χ4n) is 1.24. The molecule has 100 valence electrons. The SMILES string of the molecule is Clc1cccc(CBr)c1.NC(=O)c1ccc[nH]c1=O. The molecule has 0 saturated carbocycles. The van der Waals surface area contributed by atoms with Crippen LogP contribution in [0.3, 0.4) is 0 Å². The summed E-state index contributed by atoms with van der Waals surface area (Å²) in [5, 5.41) is 1.67. The van der Waals surface area contributed by atoms with Gasteiger partial charge in [0, 0.05) is 16.5 Å². The standard InChI is InChI=1S/C7H6BrCl.C6H6N2O2/c8-5-6-2-1-3-7(9)4-6;7-5(9)4-2-1-3-8-6(4)10/h1-4H,5H2;1-3H,(H2,7,9)(H,8,10). The predicted octanol–water partition coefficient (Wildman–Crippen LogP) is 2.71. The number of carbonyl (C=O) groups excluding carboxylic acids is 1. The summed E-state index contributed by atoms with van der Waals surface area (Å²) in [6.45, 7) is 0. The molecule has 1 heterocycles. The number of primary amides is 1. The fourth-order valence-corrected chi connectivity index (χ4v) is 1.80. The second-order valence-corrected chi connectivity index (χ2v) is 4.54. The zero-order valence-corrected chi connectivity index (χ0v) is 12.2. The molecule has 0 aliphatic carbocycles. The third kappa shape index (κ3) is 5.28. The molecule has 0 radical (unpaired) electrons. The molecule has 0 aliphatic rings. The molecule has 3 N–H and O–H groups in total. The van der Waals surface area contributed by atoms with Gasteiger partial charge in [0.15, 0.2) is 0 Å². The Morgan fingerprint density at radius 1 is 1.32 bits per heavy atom. The minimum Gasteiger partial charge on any atom is -0.365 e. The Balaban J connectivity index is 0.000000191. The van der Waals surface area contributed by atoms with E-state index in [-0.39, 0.29) is 5.56 Å². The van der Waals surface area contributed by atoms with Crippen molar-refractivity contribution in [1.29, 1.82) is 0 Å². The number of aromatic nitrogens is 1. The second kappa shape index (κ2) is 7.76. The first-order valence-electron chi connectivity index (χ1n) is 5.32.